The molecule has 2 nitrogen and oxygen atoms in total. The normalized spacial score (nSPS) is 19.5. The molecule has 1 heterocycles. The average molecular weight is 198 g/mol. The Morgan fingerprint density at radius 1 is 1.54 bits per heavy atom. The van der Waals surface area contributed by atoms with Crippen LogP contribution in [0.1, 0.15) is 24.8 Å². The molecule has 70 valence electrons. The third kappa shape index (κ3) is 1.34. The van der Waals surface area contributed by atoms with Gasteiger partial charge in [0, 0.05) is 11.6 Å². The first-order valence-electron chi connectivity index (χ1n) is 4.50. The smallest absolute Gasteiger partial charge is 0.132 e. The van der Waals surface area contributed by atoms with Gasteiger partial charge < -0.3 is 5.11 Å². The van der Waals surface area contributed by atoms with Crippen molar-refractivity contribution >= 4 is 11.6 Å². The Balaban J connectivity index is 2.38. The van der Waals surface area contributed by atoms with Gasteiger partial charge in [0.2, 0.25) is 0 Å². The summed E-state index contributed by atoms with van der Waals surface area (Å²) in [7, 11) is 0. The molecule has 3 heteroatoms. The number of hydrogen-bond acceptors (Lipinski definition) is 2. The van der Waals surface area contributed by atoms with Crippen molar-refractivity contribution in [1.29, 1.82) is 0 Å². The highest BCUT2D eigenvalue weighted by Crippen LogP contribution is 2.45. The summed E-state index contributed by atoms with van der Waals surface area (Å²) in [5.41, 5.74) is 0.913. The molecule has 0 spiro atoms. The Morgan fingerprint density at radius 2 is 2.31 bits per heavy atom. The lowest BCUT2D eigenvalue weighted by Crippen LogP contribution is -2.38. The van der Waals surface area contributed by atoms with E-state index in [1.54, 1.807) is 6.20 Å². The van der Waals surface area contributed by atoms with Crippen molar-refractivity contribution in [1.82, 2.24) is 4.98 Å². The molecule has 0 atom stereocenters. The van der Waals surface area contributed by atoms with Gasteiger partial charge >= 0.3 is 0 Å². The molecule has 1 N–H and O–H groups in total. The molecule has 1 aliphatic rings. The van der Waals surface area contributed by atoms with Gasteiger partial charge in [0.05, 0.1) is 6.61 Å². The van der Waals surface area contributed by atoms with E-state index in [-0.39, 0.29) is 12.0 Å². The van der Waals surface area contributed by atoms with Gasteiger partial charge in [-0.15, -0.1) is 0 Å². The molecule has 0 unspecified atom stereocenters. The number of aliphatic hydroxyl groups excluding tert-OH is 1. The van der Waals surface area contributed by atoms with E-state index in [0.717, 1.165) is 18.4 Å². The third-order valence-electron chi connectivity index (χ3n) is 2.94. The Hall–Kier alpha value is -0.600. The minimum absolute atomic E-state index is 0.0919. The van der Waals surface area contributed by atoms with Crippen LogP contribution in [-0.4, -0.2) is 16.7 Å². The first kappa shape index (κ1) is 8.97. The van der Waals surface area contributed by atoms with E-state index in [4.69, 9.17) is 11.6 Å². The number of pyridine rings is 1. The zero-order chi connectivity index (χ0) is 9.31. The number of halogens is 1. The fraction of sp³-hybridized carbons (Fsp3) is 0.500. The first-order chi connectivity index (χ1) is 6.28. The lowest BCUT2D eigenvalue weighted by atomic mass is 9.65. The van der Waals surface area contributed by atoms with Crippen LogP contribution in [0.5, 0.6) is 0 Å². The molecule has 0 bridgehead atoms. The van der Waals surface area contributed by atoms with Crippen LogP contribution in [0.2, 0.25) is 5.15 Å². The van der Waals surface area contributed by atoms with Crippen LogP contribution in [0, 0.1) is 0 Å². The fourth-order valence-corrected chi connectivity index (χ4v) is 2.22. The highest BCUT2D eigenvalue weighted by atomic mass is 35.5. The maximum absolute atomic E-state index is 9.33. The largest absolute Gasteiger partial charge is 0.395 e. The predicted molar refractivity (Wildman–Crippen MR) is 51.9 cm³/mol. The van der Waals surface area contributed by atoms with Crippen LogP contribution >= 0.6 is 11.6 Å². The van der Waals surface area contributed by atoms with Gasteiger partial charge in [-0.2, -0.15) is 0 Å². The molecule has 0 amide bonds. The number of aliphatic hydroxyl groups is 1. The number of hydrogen-bond donors (Lipinski definition) is 1. The van der Waals surface area contributed by atoms with Gasteiger partial charge in [0.15, 0.2) is 0 Å². The van der Waals surface area contributed by atoms with Crippen molar-refractivity contribution in [2.45, 2.75) is 24.7 Å². The molecule has 0 saturated heterocycles. The van der Waals surface area contributed by atoms with Gasteiger partial charge in [-0.1, -0.05) is 24.1 Å². The third-order valence-corrected chi connectivity index (χ3v) is 3.24. The maximum atomic E-state index is 9.33. The minimum Gasteiger partial charge on any atom is -0.395 e. The van der Waals surface area contributed by atoms with E-state index in [1.165, 1.54) is 6.42 Å². The summed E-state index contributed by atoms with van der Waals surface area (Å²) in [5.74, 6) is 0. The number of nitrogens with zero attached hydrogens (tertiary/aromatic N) is 1. The quantitative estimate of drug-likeness (QED) is 0.738. The summed E-state index contributed by atoms with van der Waals surface area (Å²) < 4.78 is 0. The second-order valence-corrected chi connectivity index (χ2v) is 3.99. The van der Waals surface area contributed by atoms with Crippen molar-refractivity contribution in [3.8, 4) is 0 Å². The molecule has 1 saturated carbocycles. The summed E-state index contributed by atoms with van der Waals surface area (Å²) in [5, 5.41) is 9.87. The van der Waals surface area contributed by atoms with E-state index in [2.05, 4.69) is 4.98 Å². The Morgan fingerprint density at radius 3 is 2.77 bits per heavy atom. The lowest BCUT2D eigenvalue weighted by Gasteiger charge is -2.40. The molecule has 13 heavy (non-hydrogen) atoms. The van der Waals surface area contributed by atoms with Gasteiger partial charge in [-0.25, -0.2) is 4.98 Å². The van der Waals surface area contributed by atoms with E-state index >= 15 is 0 Å². The van der Waals surface area contributed by atoms with E-state index in [1.807, 2.05) is 12.1 Å². The summed E-state index contributed by atoms with van der Waals surface area (Å²) in [6, 6.07) is 3.83. The second kappa shape index (κ2) is 3.28. The molecule has 0 aromatic carbocycles. The monoisotopic (exact) mass is 197 g/mol. The number of rotatable bonds is 2. The minimum atomic E-state index is -0.0919. The Kier molecular flexibility index (Phi) is 2.26. The predicted octanol–water partition coefficient (Wildman–Crippen LogP) is 2.15. The van der Waals surface area contributed by atoms with Crippen LogP contribution in [0.4, 0.5) is 0 Å². The highest BCUT2D eigenvalue weighted by Gasteiger charge is 2.39. The van der Waals surface area contributed by atoms with E-state index in [9.17, 15) is 5.11 Å². The highest BCUT2D eigenvalue weighted by molar-refractivity contribution is 6.30. The van der Waals surface area contributed by atoms with Gasteiger partial charge in [-0.3, -0.25) is 0 Å². The molecule has 2 rings (SSSR count). The molecule has 1 aromatic rings. The lowest BCUT2D eigenvalue weighted by molar-refractivity contribution is 0.120. The summed E-state index contributed by atoms with van der Waals surface area (Å²) in [4.78, 5) is 4.03. The molecule has 1 aliphatic carbocycles. The van der Waals surface area contributed by atoms with Gasteiger partial charge in [0.25, 0.3) is 0 Å². The summed E-state index contributed by atoms with van der Waals surface area (Å²) >= 11 is 5.98. The number of aromatic nitrogens is 1. The van der Waals surface area contributed by atoms with Crippen LogP contribution in [0.15, 0.2) is 18.3 Å². The van der Waals surface area contributed by atoms with Crippen molar-refractivity contribution in [2.75, 3.05) is 6.61 Å². The van der Waals surface area contributed by atoms with Crippen molar-refractivity contribution in [2.24, 2.45) is 0 Å². The summed E-state index contributed by atoms with van der Waals surface area (Å²) in [6.07, 6.45) is 4.89. The molecular weight excluding hydrogens is 186 g/mol. The molecule has 0 aliphatic heterocycles. The maximum Gasteiger partial charge on any atom is 0.132 e. The SMILES string of the molecule is OCC1(c2cccnc2Cl)CCC1. The molecule has 1 fully saturated rings. The molecular formula is C10H12ClNO. The fourth-order valence-electron chi connectivity index (χ4n) is 1.90. The molecule has 1 aromatic heterocycles. The summed E-state index contributed by atoms with van der Waals surface area (Å²) in [6.45, 7) is 0.179. The zero-order valence-electron chi connectivity index (χ0n) is 7.33. The van der Waals surface area contributed by atoms with Crippen molar-refractivity contribution in [3.63, 3.8) is 0 Å². The first-order valence-corrected chi connectivity index (χ1v) is 4.88. The topological polar surface area (TPSA) is 33.1 Å². The Bertz CT molecular complexity index is 304. The second-order valence-electron chi connectivity index (χ2n) is 3.63. The van der Waals surface area contributed by atoms with Crippen LogP contribution in [0.3, 0.4) is 0 Å². The van der Waals surface area contributed by atoms with Crippen molar-refractivity contribution < 1.29 is 5.11 Å². The van der Waals surface area contributed by atoms with Crippen LogP contribution < -0.4 is 0 Å². The van der Waals surface area contributed by atoms with Gasteiger partial charge in [-0.05, 0) is 24.5 Å². The van der Waals surface area contributed by atoms with E-state index in [0.29, 0.717) is 5.15 Å². The average Bonchev–Trinajstić information content (AvgIpc) is 2.07. The Labute approximate surface area is 82.6 Å². The molecule has 0 radical (unpaired) electrons. The zero-order valence-corrected chi connectivity index (χ0v) is 8.09. The van der Waals surface area contributed by atoms with Gasteiger partial charge in [0.1, 0.15) is 5.15 Å². The van der Waals surface area contributed by atoms with Crippen LogP contribution in [0.25, 0.3) is 0 Å². The standard InChI is InChI=1S/C10H12ClNO/c11-9-8(3-1-6-12-9)10(7-13)4-2-5-10/h1,3,6,13H,2,4-5,7H2. The van der Waals surface area contributed by atoms with E-state index < -0.39 is 0 Å². The van der Waals surface area contributed by atoms with Crippen molar-refractivity contribution in [3.05, 3.63) is 29.0 Å². The van der Waals surface area contributed by atoms with Crippen LogP contribution in [-0.2, 0) is 5.41 Å².